The predicted molar refractivity (Wildman–Crippen MR) is 158 cm³/mol. The second-order valence-electron chi connectivity index (χ2n) is 11.9. The number of fused-ring (bicyclic) bond motifs is 1. The highest BCUT2D eigenvalue weighted by atomic mass is 35.5. The number of likely N-dealkylation sites (N-methyl/N-ethyl adjacent to an activating group) is 1. The number of aromatic hydroxyl groups is 2. The van der Waals surface area contributed by atoms with Gasteiger partial charge in [-0.25, -0.2) is 0 Å². The maximum atomic E-state index is 13.3. The van der Waals surface area contributed by atoms with Gasteiger partial charge in [0.15, 0.2) is 13.7 Å². The molecule has 1 unspecified atom stereocenters. The van der Waals surface area contributed by atoms with Crippen LogP contribution in [-0.2, 0) is 15.6 Å². The zero-order valence-corrected chi connectivity index (χ0v) is 25.6. The minimum atomic E-state index is -2.19. The number of piperidine rings is 1. The molecule has 3 aromatic rings. The maximum Gasteiger partial charge on any atom is 0.226 e. The molecule has 1 aliphatic heterocycles. The minimum absolute atomic E-state index is 0.00275. The van der Waals surface area contributed by atoms with E-state index in [1.165, 1.54) is 12.1 Å². The Labute approximate surface area is 239 Å². The standard InChI is InChI=1S/C29H35Cl2NO6Si/c1-29(2,3)39(5,6)38-24-15-32(4)10-9-18(24)26-20(33)13-21(34)27-22(35)14-23(37-28(26)27)17-8-7-16(11-19(17)30)12-25(31)36/h7-8,11,13-14,18,24,33-34H,9-10,12,15H2,1-6H3/t18-,24?/m0/s1. The zero-order chi connectivity index (χ0) is 28.9. The van der Waals surface area contributed by atoms with Gasteiger partial charge in [-0.2, -0.15) is 0 Å². The molecule has 1 fully saturated rings. The first-order valence-corrected chi connectivity index (χ1v) is 16.6. The van der Waals surface area contributed by atoms with E-state index in [-0.39, 0.29) is 56.7 Å². The first-order chi connectivity index (χ1) is 18.1. The highest BCUT2D eigenvalue weighted by molar-refractivity contribution is 6.74. The van der Waals surface area contributed by atoms with Crippen LogP contribution in [0.4, 0.5) is 0 Å². The molecule has 2 atom stereocenters. The molecule has 1 aliphatic rings. The smallest absolute Gasteiger partial charge is 0.226 e. The first-order valence-electron chi connectivity index (χ1n) is 12.9. The number of hydrogen-bond donors (Lipinski definition) is 2. The highest BCUT2D eigenvalue weighted by Crippen LogP contribution is 2.46. The van der Waals surface area contributed by atoms with Gasteiger partial charge in [0.1, 0.15) is 28.2 Å². The molecule has 7 nitrogen and oxygen atoms in total. The Morgan fingerprint density at radius 2 is 1.87 bits per heavy atom. The molecule has 0 saturated carbocycles. The molecule has 0 aliphatic carbocycles. The Balaban J connectivity index is 1.89. The average molecular weight is 593 g/mol. The van der Waals surface area contributed by atoms with Crippen LogP contribution in [0.2, 0.25) is 23.2 Å². The van der Waals surface area contributed by atoms with Crippen molar-refractivity contribution in [2.75, 3.05) is 20.1 Å². The lowest BCUT2D eigenvalue weighted by molar-refractivity contribution is -0.111. The summed E-state index contributed by atoms with van der Waals surface area (Å²) in [5, 5.41) is 21.6. The minimum Gasteiger partial charge on any atom is -0.507 e. The van der Waals surface area contributed by atoms with Crippen molar-refractivity contribution >= 4 is 47.7 Å². The highest BCUT2D eigenvalue weighted by Gasteiger charge is 2.43. The Morgan fingerprint density at radius 1 is 1.18 bits per heavy atom. The fourth-order valence-electron chi connectivity index (χ4n) is 4.92. The van der Waals surface area contributed by atoms with Crippen LogP contribution in [0, 0.1) is 0 Å². The van der Waals surface area contributed by atoms with Crippen molar-refractivity contribution in [2.45, 2.75) is 63.8 Å². The number of benzene rings is 2. The molecule has 0 amide bonds. The first kappa shape index (κ1) is 29.6. The van der Waals surface area contributed by atoms with Gasteiger partial charge in [-0.15, -0.1) is 0 Å². The molecule has 1 saturated heterocycles. The number of hydrogen-bond acceptors (Lipinski definition) is 7. The Morgan fingerprint density at radius 3 is 2.49 bits per heavy atom. The van der Waals surface area contributed by atoms with Crippen LogP contribution in [0.15, 0.2) is 39.5 Å². The quantitative estimate of drug-likeness (QED) is 0.244. The molecule has 2 heterocycles. The van der Waals surface area contributed by atoms with Gasteiger partial charge in [-0.1, -0.05) is 38.4 Å². The summed E-state index contributed by atoms with van der Waals surface area (Å²) in [6.45, 7) is 12.3. The summed E-state index contributed by atoms with van der Waals surface area (Å²) in [6, 6.07) is 7.42. The van der Waals surface area contributed by atoms with E-state index in [0.717, 1.165) is 6.54 Å². The van der Waals surface area contributed by atoms with Crippen LogP contribution in [0.1, 0.15) is 44.2 Å². The lowest BCUT2D eigenvalue weighted by Crippen LogP contribution is -2.51. The number of phenolic OH excluding ortho intramolecular Hbond substituents is 2. The summed E-state index contributed by atoms with van der Waals surface area (Å²) in [5.74, 6) is -0.601. The van der Waals surface area contributed by atoms with Crippen molar-refractivity contribution in [2.24, 2.45) is 0 Å². The summed E-state index contributed by atoms with van der Waals surface area (Å²) in [6.07, 6.45) is 0.424. The van der Waals surface area contributed by atoms with E-state index < -0.39 is 19.0 Å². The number of carbonyl (C=O) groups is 1. The molecule has 10 heteroatoms. The van der Waals surface area contributed by atoms with E-state index in [4.69, 9.17) is 32.0 Å². The van der Waals surface area contributed by atoms with Gasteiger partial charge in [0.25, 0.3) is 0 Å². The molecular formula is C29H35Cl2NO6Si. The molecule has 210 valence electrons. The monoisotopic (exact) mass is 591 g/mol. The van der Waals surface area contributed by atoms with Crippen molar-refractivity contribution < 1.29 is 23.9 Å². The summed E-state index contributed by atoms with van der Waals surface area (Å²) in [5.41, 5.74) is 1.16. The average Bonchev–Trinajstić information content (AvgIpc) is 2.78. The molecule has 4 rings (SSSR count). The number of carbonyl (C=O) groups excluding carboxylic acids is 1. The van der Waals surface area contributed by atoms with Gasteiger partial charge in [0.2, 0.25) is 5.24 Å². The van der Waals surface area contributed by atoms with Gasteiger partial charge in [0.05, 0.1) is 11.1 Å². The van der Waals surface area contributed by atoms with E-state index in [1.54, 1.807) is 18.2 Å². The molecule has 0 radical (unpaired) electrons. The number of phenols is 2. The summed E-state index contributed by atoms with van der Waals surface area (Å²) >= 11 is 12.0. The van der Waals surface area contributed by atoms with E-state index in [9.17, 15) is 19.8 Å². The maximum absolute atomic E-state index is 13.3. The SMILES string of the molecule is CN1CC[C@H](c2c(O)cc(O)c3c(=O)cc(-c4ccc(CC(=O)Cl)cc4Cl)oc23)C(O[Si](C)(C)C(C)(C)C)C1. The molecule has 0 spiro atoms. The lowest BCUT2D eigenvalue weighted by Gasteiger charge is -2.45. The van der Waals surface area contributed by atoms with Crippen LogP contribution in [0.3, 0.4) is 0 Å². The van der Waals surface area contributed by atoms with Crippen molar-refractivity contribution in [1.82, 2.24) is 4.90 Å². The van der Waals surface area contributed by atoms with E-state index in [2.05, 4.69) is 38.8 Å². The Kier molecular flexibility index (Phi) is 8.28. The summed E-state index contributed by atoms with van der Waals surface area (Å²) in [7, 11) is -0.156. The normalized spacial score (nSPS) is 19.0. The number of rotatable bonds is 6. The van der Waals surface area contributed by atoms with Crippen molar-refractivity contribution in [1.29, 1.82) is 0 Å². The van der Waals surface area contributed by atoms with Crippen LogP contribution in [-0.4, -0.2) is 54.9 Å². The lowest BCUT2D eigenvalue weighted by atomic mass is 9.85. The summed E-state index contributed by atoms with van der Waals surface area (Å²) in [4.78, 5) is 26.8. The molecule has 39 heavy (non-hydrogen) atoms. The fourth-order valence-corrected chi connectivity index (χ4v) is 6.72. The predicted octanol–water partition coefficient (Wildman–Crippen LogP) is 6.64. The van der Waals surface area contributed by atoms with Crippen LogP contribution >= 0.6 is 23.2 Å². The van der Waals surface area contributed by atoms with Gasteiger partial charge in [-0.3, -0.25) is 9.59 Å². The van der Waals surface area contributed by atoms with Gasteiger partial charge in [0, 0.05) is 42.1 Å². The summed E-state index contributed by atoms with van der Waals surface area (Å²) < 4.78 is 13.2. The van der Waals surface area contributed by atoms with Gasteiger partial charge >= 0.3 is 0 Å². The van der Waals surface area contributed by atoms with Gasteiger partial charge in [-0.05, 0) is 67.4 Å². The molecular weight excluding hydrogens is 557 g/mol. The molecule has 2 N–H and O–H groups in total. The molecule has 0 bridgehead atoms. The van der Waals surface area contributed by atoms with E-state index in [1.807, 2.05) is 7.05 Å². The zero-order valence-electron chi connectivity index (χ0n) is 23.1. The van der Waals surface area contributed by atoms with Gasteiger partial charge < -0.3 is 24.0 Å². The number of halogens is 2. The fraction of sp³-hybridized carbons (Fsp3) is 0.448. The van der Waals surface area contributed by atoms with Crippen LogP contribution in [0.25, 0.3) is 22.3 Å². The second kappa shape index (κ2) is 10.9. The third kappa shape index (κ3) is 6.05. The topological polar surface area (TPSA) is 100 Å². The van der Waals surface area contributed by atoms with E-state index in [0.29, 0.717) is 29.7 Å². The van der Waals surface area contributed by atoms with Crippen LogP contribution < -0.4 is 5.43 Å². The molecule has 1 aromatic heterocycles. The van der Waals surface area contributed by atoms with Crippen LogP contribution in [0.5, 0.6) is 11.5 Å². The Bertz CT molecular complexity index is 1480. The molecule has 2 aromatic carbocycles. The largest absolute Gasteiger partial charge is 0.507 e. The third-order valence-corrected chi connectivity index (χ3v) is 13.0. The van der Waals surface area contributed by atoms with Crippen molar-refractivity contribution in [3.8, 4) is 22.8 Å². The van der Waals surface area contributed by atoms with Crippen molar-refractivity contribution in [3.05, 3.63) is 56.7 Å². The van der Waals surface area contributed by atoms with Crippen molar-refractivity contribution in [3.63, 3.8) is 0 Å². The Hall–Kier alpha value is -2.36. The van der Waals surface area contributed by atoms with E-state index >= 15 is 0 Å². The number of likely N-dealkylation sites (tertiary alicyclic amines) is 1. The third-order valence-electron chi connectivity index (χ3n) is 8.03. The number of nitrogens with zero attached hydrogens (tertiary/aromatic N) is 1. The second-order valence-corrected chi connectivity index (χ2v) is 17.5.